The number of rotatable bonds is 4. The van der Waals surface area contributed by atoms with Gasteiger partial charge in [-0.05, 0) is 43.5 Å². The maximum absolute atomic E-state index is 13.7. The van der Waals surface area contributed by atoms with E-state index < -0.39 is 6.04 Å². The van der Waals surface area contributed by atoms with Crippen LogP contribution in [0.2, 0.25) is 0 Å². The maximum atomic E-state index is 13.7. The van der Waals surface area contributed by atoms with Crippen LogP contribution in [0, 0.1) is 0 Å². The van der Waals surface area contributed by atoms with Gasteiger partial charge in [-0.25, -0.2) is 4.98 Å². The van der Waals surface area contributed by atoms with Crippen molar-refractivity contribution < 1.29 is 9.59 Å². The normalized spacial score (nSPS) is 18.1. The number of benzene rings is 2. The van der Waals surface area contributed by atoms with E-state index in [2.05, 4.69) is 0 Å². The van der Waals surface area contributed by atoms with Crippen LogP contribution in [0.3, 0.4) is 0 Å². The number of aromatic nitrogens is 2. The van der Waals surface area contributed by atoms with Crippen LogP contribution >= 0.6 is 0 Å². The van der Waals surface area contributed by atoms with E-state index >= 15 is 0 Å². The standard InChI is InChI=1S/C26H27N3O3/c1-2-22(29-24(30)18-13-7-8-14-19(18)25(29)31)23-27-21-16-10-9-15-20(21)26(32)28(23)17-11-5-3-4-6-12-17/h7-10,13-17,22H,2-6,11-12H2,1H3. The van der Waals surface area contributed by atoms with Crippen LogP contribution in [-0.2, 0) is 0 Å². The Labute approximate surface area is 186 Å². The Morgan fingerprint density at radius 1 is 0.875 bits per heavy atom. The van der Waals surface area contributed by atoms with Crippen LogP contribution in [0.1, 0.15) is 90.5 Å². The van der Waals surface area contributed by atoms with E-state index in [-0.39, 0.29) is 23.4 Å². The fourth-order valence-corrected chi connectivity index (χ4v) is 5.24. The predicted octanol–water partition coefficient (Wildman–Crippen LogP) is 5.04. The first kappa shape index (κ1) is 20.6. The molecule has 1 aromatic heterocycles. The number of imide groups is 1. The largest absolute Gasteiger partial charge is 0.291 e. The molecule has 0 spiro atoms. The minimum absolute atomic E-state index is 0.0290. The van der Waals surface area contributed by atoms with Crippen molar-refractivity contribution in [3.63, 3.8) is 0 Å². The molecule has 0 radical (unpaired) electrons. The zero-order valence-electron chi connectivity index (χ0n) is 18.3. The lowest BCUT2D eigenvalue weighted by molar-refractivity contribution is 0.0564. The highest BCUT2D eigenvalue weighted by atomic mass is 16.2. The molecule has 2 amide bonds. The second kappa shape index (κ2) is 8.34. The molecule has 164 valence electrons. The van der Waals surface area contributed by atoms with E-state index in [0.29, 0.717) is 34.3 Å². The van der Waals surface area contributed by atoms with E-state index in [0.717, 1.165) is 38.5 Å². The summed E-state index contributed by atoms with van der Waals surface area (Å²) < 4.78 is 1.81. The van der Waals surface area contributed by atoms with Crippen LogP contribution in [0.15, 0.2) is 53.3 Å². The van der Waals surface area contributed by atoms with Gasteiger partial charge in [0.25, 0.3) is 17.4 Å². The Morgan fingerprint density at radius 2 is 1.47 bits per heavy atom. The fourth-order valence-electron chi connectivity index (χ4n) is 5.24. The van der Waals surface area contributed by atoms with Crippen molar-refractivity contribution in [1.82, 2.24) is 14.5 Å². The summed E-state index contributed by atoms with van der Waals surface area (Å²) >= 11 is 0. The molecule has 3 aromatic rings. The molecule has 6 heteroatoms. The van der Waals surface area contributed by atoms with Crippen LogP contribution in [0.5, 0.6) is 0 Å². The minimum Gasteiger partial charge on any atom is -0.291 e. The predicted molar refractivity (Wildman–Crippen MR) is 123 cm³/mol. The first-order valence-corrected chi connectivity index (χ1v) is 11.6. The van der Waals surface area contributed by atoms with Gasteiger partial charge in [0.05, 0.1) is 28.1 Å². The molecule has 1 atom stereocenters. The van der Waals surface area contributed by atoms with E-state index in [9.17, 15) is 14.4 Å². The SMILES string of the molecule is CCC(c1nc2ccccc2c(=O)n1C1CCCCCC1)N1C(=O)c2ccccc2C1=O. The van der Waals surface area contributed by atoms with E-state index in [1.54, 1.807) is 24.3 Å². The van der Waals surface area contributed by atoms with Crippen molar-refractivity contribution in [2.75, 3.05) is 0 Å². The van der Waals surface area contributed by atoms with Crippen LogP contribution in [0.25, 0.3) is 10.9 Å². The number of carbonyl (C=O) groups is 2. The van der Waals surface area contributed by atoms with E-state index in [1.165, 1.54) is 4.90 Å². The molecule has 1 aliphatic heterocycles. The molecule has 0 N–H and O–H groups in total. The minimum atomic E-state index is -0.594. The summed E-state index contributed by atoms with van der Waals surface area (Å²) in [7, 11) is 0. The number of nitrogens with zero attached hydrogens (tertiary/aromatic N) is 3. The van der Waals surface area contributed by atoms with Gasteiger partial charge in [-0.15, -0.1) is 0 Å². The second-order valence-electron chi connectivity index (χ2n) is 8.76. The van der Waals surface area contributed by atoms with Crippen molar-refractivity contribution in [2.45, 2.75) is 64.0 Å². The van der Waals surface area contributed by atoms with Gasteiger partial charge >= 0.3 is 0 Å². The van der Waals surface area contributed by atoms with Crippen molar-refractivity contribution in [1.29, 1.82) is 0 Å². The maximum Gasteiger partial charge on any atom is 0.262 e. The van der Waals surface area contributed by atoms with E-state index in [4.69, 9.17) is 4.98 Å². The Hall–Kier alpha value is -3.28. The number of fused-ring (bicyclic) bond motifs is 2. The summed E-state index contributed by atoms with van der Waals surface area (Å²) in [6, 6.07) is 13.7. The van der Waals surface area contributed by atoms with Crippen LogP contribution < -0.4 is 5.56 Å². The lowest BCUT2D eigenvalue weighted by Gasteiger charge is -2.30. The van der Waals surface area contributed by atoms with Gasteiger partial charge in [0.2, 0.25) is 0 Å². The lowest BCUT2D eigenvalue weighted by Crippen LogP contribution is -2.39. The first-order chi connectivity index (χ1) is 15.6. The second-order valence-corrected chi connectivity index (χ2v) is 8.76. The quantitative estimate of drug-likeness (QED) is 0.430. The van der Waals surface area contributed by atoms with Crippen LogP contribution in [0.4, 0.5) is 0 Å². The van der Waals surface area contributed by atoms with Crippen LogP contribution in [-0.4, -0.2) is 26.3 Å². The smallest absolute Gasteiger partial charge is 0.262 e. The Kier molecular flexibility index (Phi) is 5.37. The van der Waals surface area contributed by atoms with Crippen molar-refractivity contribution >= 4 is 22.7 Å². The topological polar surface area (TPSA) is 72.3 Å². The average Bonchev–Trinajstić information content (AvgIpc) is 2.98. The molecular formula is C26H27N3O3. The molecule has 2 heterocycles. The zero-order valence-corrected chi connectivity index (χ0v) is 18.3. The number of hydrogen-bond acceptors (Lipinski definition) is 4. The summed E-state index contributed by atoms with van der Waals surface area (Å²) in [5, 5.41) is 0.581. The van der Waals surface area contributed by atoms with Crippen molar-refractivity contribution in [2.24, 2.45) is 0 Å². The van der Waals surface area contributed by atoms with Gasteiger partial charge in [-0.1, -0.05) is 56.9 Å². The lowest BCUT2D eigenvalue weighted by atomic mass is 10.1. The molecule has 1 aliphatic carbocycles. The van der Waals surface area contributed by atoms with Gasteiger partial charge in [0.1, 0.15) is 5.82 Å². The molecule has 5 rings (SSSR count). The highest BCUT2D eigenvalue weighted by Gasteiger charge is 2.41. The molecule has 0 bridgehead atoms. The Morgan fingerprint density at radius 3 is 2.09 bits per heavy atom. The molecule has 2 aromatic carbocycles. The van der Waals surface area contributed by atoms with Gasteiger partial charge in [-0.2, -0.15) is 0 Å². The average molecular weight is 430 g/mol. The fraction of sp³-hybridized carbons (Fsp3) is 0.385. The molecule has 32 heavy (non-hydrogen) atoms. The van der Waals surface area contributed by atoms with Gasteiger partial charge in [0.15, 0.2) is 0 Å². The third kappa shape index (κ3) is 3.25. The number of para-hydroxylation sites is 1. The van der Waals surface area contributed by atoms with Gasteiger partial charge < -0.3 is 0 Å². The highest BCUT2D eigenvalue weighted by molar-refractivity contribution is 6.21. The van der Waals surface area contributed by atoms with Crippen molar-refractivity contribution in [3.05, 3.63) is 75.8 Å². The summed E-state index contributed by atoms with van der Waals surface area (Å²) in [5.41, 5.74) is 1.36. The van der Waals surface area contributed by atoms with Gasteiger partial charge in [0, 0.05) is 6.04 Å². The monoisotopic (exact) mass is 429 g/mol. The molecule has 2 aliphatic rings. The van der Waals surface area contributed by atoms with E-state index in [1.807, 2.05) is 35.8 Å². The third-order valence-corrected chi connectivity index (χ3v) is 6.85. The number of carbonyl (C=O) groups excluding carboxylic acids is 2. The molecule has 1 saturated carbocycles. The number of amides is 2. The Balaban J connectivity index is 1.70. The zero-order chi connectivity index (χ0) is 22.2. The summed E-state index contributed by atoms with van der Waals surface area (Å²) in [6.45, 7) is 1.94. The van der Waals surface area contributed by atoms with Crippen molar-refractivity contribution in [3.8, 4) is 0 Å². The molecular weight excluding hydrogens is 402 g/mol. The highest BCUT2D eigenvalue weighted by Crippen LogP contribution is 2.35. The third-order valence-electron chi connectivity index (χ3n) is 6.85. The number of hydrogen-bond donors (Lipinski definition) is 0. The summed E-state index contributed by atoms with van der Waals surface area (Å²) in [6.07, 6.45) is 6.76. The van der Waals surface area contributed by atoms with Gasteiger partial charge in [-0.3, -0.25) is 23.9 Å². The first-order valence-electron chi connectivity index (χ1n) is 11.6. The summed E-state index contributed by atoms with van der Waals surface area (Å²) in [5.74, 6) is -0.0999. The molecule has 1 unspecified atom stereocenters. The Bertz CT molecular complexity index is 1220. The molecule has 6 nitrogen and oxygen atoms in total. The summed E-state index contributed by atoms with van der Waals surface area (Å²) in [4.78, 5) is 46.5. The molecule has 1 fully saturated rings. The molecule has 0 saturated heterocycles.